The van der Waals surface area contributed by atoms with Crippen molar-refractivity contribution in [1.82, 2.24) is 10.2 Å². The molecule has 8 nitrogen and oxygen atoms in total. The van der Waals surface area contributed by atoms with Crippen LogP contribution < -0.4 is 20.1 Å². The van der Waals surface area contributed by atoms with E-state index >= 15 is 0 Å². The predicted molar refractivity (Wildman–Crippen MR) is 100 cm³/mol. The standard InChI is InChI=1S/C19H17FN4O4/c1-27-14-4-3-5-15(28-2)16(14)18(25)23-13-10-21-24-17(13)19(26)22-12-8-6-11(20)7-9-12/h3-10H,1-2H3,(H,21,24)(H,22,26)(H,23,25). The minimum Gasteiger partial charge on any atom is -0.496 e. The van der Waals surface area contributed by atoms with E-state index in [1.54, 1.807) is 18.2 Å². The van der Waals surface area contributed by atoms with E-state index in [9.17, 15) is 14.0 Å². The molecule has 2 amide bonds. The Hall–Kier alpha value is -3.88. The quantitative estimate of drug-likeness (QED) is 0.606. The van der Waals surface area contributed by atoms with Gasteiger partial charge in [0.05, 0.1) is 26.1 Å². The highest BCUT2D eigenvalue weighted by Crippen LogP contribution is 2.29. The average Bonchev–Trinajstić information content (AvgIpc) is 3.17. The molecule has 0 spiro atoms. The largest absolute Gasteiger partial charge is 0.496 e. The lowest BCUT2D eigenvalue weighted by molar-refractivity contribution is 0.102. The lowest BCUT2D eigenvalue weighted by Crippen LogP contribution is -2.19. The highest BCUT2D eigenvalue weighted by atomic mass is 19.1. The summed E-state index contributed by atoms with van der Waals surface area (Å²) in [5, 5.41) is 11.6. The zero-order valence-corrected chi connectivity index (χ0v) is 15.1. The molecule has 1 heterocycles. The van der Waals surface area contributed by atoms with Crippen LogP contribution in [0.15, 0.2) is 48.7 Å². The lowest BCUT2D eigenvalue weighted by Gasteiger charge is -2.13. The summed E-state index contributed by atoms with van der Waals surface area (Å²) >= 11 is 0. The van der Waals surface area contributed by atoms with Gasteiger partial charge in [0.2, 0.25) is 0 Å². The third kappa shape index (κ3) is 3.93. The van der Waals surface area contributed by atoms with Gasteiger partial charge in [-0.15, -0.1) is 0 Å². The van der Waals surface area contributed by atoms with Crippen molar-refractivity contribution < 1.29 is 23.5 Å². The van der Waals surface area contributed by atoms with E-state index in [0.717, 1.165) is 0 Å². The van der Waals surface area contributed by atoms with Gasteiger partial charge < -0.3 is 20.1 Å². The monoisotopic (exact) mass is 384 g/mol. The second kappa shape index (κ2) is 8.21. The summed E-state index contributed by atoms with van der Waals surface area (Å²) in [5.74, 6) is -0.869. The first kappa shape index (κ1) is 18.9. The Balaban J connectivity index is 1.82. The molecule has 0 saturated carbocycles. The number of rotatable bonds is 6. The molecule has 3 rings (SSSR count). The van der Waals surface area contributed by atoms with Crippen LogP contribution in [0.4, 0.5) is 15.8 Å². The topological polar surface area (TPSA) is 105 Å². The first-order chi connectivity index (χ1) is 13.5. The van der Waals surface area contributed by atoms with Gasteiger partial charge in [0, 0.05) is 5.69 Å². The molecule has 0 aliphatic rings. The molecule has 0 bridgehead atoms. The van der Waals surface area contributed by atoms with Gasteiger partial charge >= 0.3 is 0 Å². The Labute approximate surface area is 159 Å². The molecule has 0 aliphatic carbocycles. The SMILES string of the molecule is COc1cccc(OC)c1C(=O)Nc1cn[nH]c1C(=O)Nc1ccc(F)cc1. The van der Waals surface area contributed by atoms with E-state index in [2.05, 4.69) is 20.8 Å². The minimum atomic E-state index is -0.550. The third-order valence-electron chi connectivity index (χ3n) is 3.87. The van der Waals surface area contributed by atoms with Gasteiger partial charge in [-0.05, 0) is 36.4 Å². The summed E-state index contributed by atoms with van der Waals surface area (Å²) in [6.45, 7) is 0. The average molecular weight is 384 g/mol. The number of carbonyl (C=O) groups is 2. The van der Waals surface area contributed by atoms with E-state index in [-0.39, 0.29) is 16.9 Å². The Morgan fingerprint density at radius 3 is 2.21 bits per heavy atom. The summed E-state index contributed by atoms with van der Waals surface area (Å²) in [7, 11) is 2.87. The molecule has 0 aliphatic heterocycles. The fourth-order valence-corrected chi connectivity index (χ4v) is 2.54. The number of hydrogen-bond acceptors (Lipinski definition) is 5. The van der Waals surface area contributed by atoms with Crippen LogP contribution >= 0.6 is 0 Å². The van der Waals surface area contributed by atoms with Crippen LogP contribution in [0.5, 0.6) is 11.5 Å². The van der Waals surface area contributed by atoms with Crippen molar-refractivity contribution in [2.75, 3.05) is 24.9 Å². The van der Waals surface area contributed by atoms with Crippen molar-refractivity contribution >= 4 is 23.2 Å². The van der Waals surface area contributed by atoms with Gasteiger partial charge in [0.15, 0.2) is 0 Å². The normalized spacial score (nSPS) is 10.2. The van der Waals surface area contributed by atoms with Gasteiger partial charge in [-0.25, -0.2) is 4.39 Å². The third-order valence-corrected chi connectivity index (χ3v) is 3.87. The summed E-state index contributed by atoms with van der Waals surface area (Å²) in [4.78, 5) is 25.2. The first-order valence-corrected chi connectivity index (χ1v) is 8.16. The van der Waals surface area contributed by atoms with Gasteiger partial charge in [0.1, 0.15) is 28.6 Å². The van der Waals surface area contributed by atoms with E-state index in [1.165, 1.54) is 44.7 Å². The van der Waals surface area contributed by atoms with Crippen molar-refractivity contribution in [3.05, 3.63) is 65.7 Å². The number of anilines is 2. The van der Waals surface area contributed by atoms with Crippen LogP contribution in [0.3, 0.4) is 0 Å². The first-order valence-electron chi connectivity index (χ1n) is 8.16. The molecular formula is C19H17FN4O4. The van der Waals surface area contributed by atoms with Gasteiger partial charge in [-0.2, -0.15) is 5.10 Å². The molecule has 144 valence electrons. The lowest BCUT2D eigenvalue weighted by atomic mass is 10.1. The Morgan fingerprint density at radius 2 is 1.61 bits per heavy atom. The molecule has 0 unspecified atom stereocenters. The van der Waals surface area contributed by atoms with Gasteiger partial charge in [-0.1, -0.05) is 6.07 Å². The van der Waals surface area contributed by atoms with Crippen LogP contribution in [-0.4, -0.2) is 36.2 Å². The number of nitrogens with one attached hydrogen (secondary N) is 3. The summed E-state index contributed by atoms with van der Waals surface area (Å²) < 4.78 is 23.4. The molecule has 2 aromatic carbocycles. The number of carbonyl (C=O) groups excluding carboxylic acids is 2. The maximum Gasteiger partial charge on any atom is 0.275 e. The van der Waals surface area contributed by atoms with Crippen molar-refractivity contribution in [2.45, 2.75) is 0 Å². The van der Waals surface area contributed by atoms with Crippen LogP contribution in [0.2, 0.25) is 0 Å². The fraction of sp³-hybridized carbons (Fsp3) is 0.105. The molecule has 1 aromatic heterocycles. The number of H-pyrrole nitrogens is 1. The summed E-state index contributed by atoms with van der Waals surface area (Å²) in [6.07, 6.45) is 1.30. The van der Waals surface area contributed by atoms with E-state index < -0.39 is 17.6 Å². The predicted octanol–water partition coefficient (Wildman–Crippen LogP) is 3.07. The zero-order valence-electron chi connectivity index (χ0n) is 15.1. The number of hydrogen-bond donors (Lipinski definition) is 3. The summed E-state index contributed by atoms with van der Waals surface area (Å²) in [5.41, 5.74) is 0.771. The Kier molecular flexibility index (Phi) is 5.54. The van der Waals surface area contributed by atoms with Crippen LogP contribution in [0.25, 0.3) is 0 Å². The van der Waals surface area contributed by atoms with E-state index in [1.807, 2.05) is 0 Å². The summed E-state index contributed by atoms with van der Waals surface area (Å²) in [6, 6.07) is 10.2. The number of aromatic nitrogens is 2. The second-order valence-electron chi connectivity index (χ2n) is 5.61. The molecule has 3 aromatic rings. The second-order valence-corrected chi connectivity index (χ2v) is 5.61. The fourth-order valence-electron chi connectivity index (χ4n) is 2.54. The zero-order chi connectivity index (χ0) is 20.1. The van der Waals surface area contributed by atoms with Crippen molar-refractivity contribution in [3.63, 3.8) is 0 Å². The highest BCUT2D eigenvalue weighted by molar-refractivity contribution is 6.13. The maximum absolute atomic E-state index is 13.0. The molecule has 0 saturated heterocycles. The van der Waals surface area contributed by atoms with Crippen LogP contribution in [0, 0.1) is 5.82 Å². The molecular weight excluding hydrogens is 367 g/mol. The molecule has 0 radical (unpaired) electrons. The Morgan fingerprint density at radius 1 is 0.964 bits per heavy atom. The number of methoxy groups -OCH3 is 2. The smallest absolute Gasteiger partial charge is 0.275 e. The van der Waals surface area contributed by atoms with E-state index in [0.29, 0.717) is 17.2 Å². The Bertz CT molecular complexity index is 979. The molecule has 0 atom stereocenters. The van der Waals surface area contributed by atoms with Gasteiger partial charge in [-0.3, -0.25) is 14.7 Å². The molecule has 9 heteroatoms. The van der Waals surface area contributed by atoms with Gasteiger partial charge in [0.25, 0.3) is 11.8 Å². The van der Waals surface area contributed by atoms with Crippen LogP contribution in [-0.2, 0) is 0 Å². The number of amides is 2. The molecule has 0 fully saturated rings. The van der Waals surface area contributed by atoms with Crippen molar-refractivity contribution in [3.8, 4) is 11.5 Å². The van der Waals surface area contributed by atoms with E-state index in [4.69, 9.17) is 9.47 Å². The highest BCUT2D eigenvalue weighted by Gasteiger charge is 2.22. The van der Waals surface area contributed by atoms with Crippen molar-refractivity contribution in [1.29, 1.82) is 0 Å². The van der Waals surface area contributed by atoms with Crippen molar-refractivity contribution in [2.24, 2.45) is 0 Å². The maximum atomic E-state index is 13.0. The molecule has 3 N–H and O–H groups in total. The minimum absolute atomic E-state index is 0.0338. The number of halogens is 1. The molecule has 28 heavy (non-hydrogen) atoms. The number of benzene rings is 2. The number of nitrogens with zero attached hydrogens (tertiary/aromatic N) is 1. The number of ether oxygens (including phenoxy) is 2. The van der Waals surface area contributed by atoms with Crippen LogP contribution in [0.1, 0.15) is 20.8 Å². The number of aromatic amines is 1.